The summed E-state index contributed by atoms with van der Waals surface area (Å²) in [7, 11) is 0. The molecule has 0 bridgehead atoms. The molecule has 0 aliphatic rings. The lowest BCUT2D eigenvalue weighted by molar-refractivity contribution is 0.0946. The fourth-order valence-electron chi connectivity index (χ4n) is 1.57. The van der Waals surface area contributed by atoms with Gasteiger partial charge in [-0.2, -0.15) is 0 Å². The van der Waals surface area contributed by atoms with Gasteiger partial charge in [-0.3, -0.25) is 0 Å². The Morgan fingerprint density at radius 1 is 1.25 bits per heavy atom. The number of unbranched alkanes of at least 4 members (excludes halogenated alkanes) is 1. The second kappa shape index (κ2) is 9.66. The lowest BCUT2D eigenvalue weighted by atomic mass is 10.2. The summed E-state index contributed by atoms with van der Waals surface area (Å²) in [5, 5.41) is 3.35. The van der Waals surface area contributed by atoms with Crippen LogP contribution < -0.4 is 10.1 Å². The molecule has 1 aromatic rings. The Kier molecular flexibility index (Phi) is 8.14. The molecule has 5 heteroatoms. The Bertz CT molecular complexity index is 383. The van der Waals surface area contributed by atoms with E-state index in [4.69, 9.17) is 9.47 Å². The SMILES string of the molecule is CCCCOCCOc1ncc(CNC(C)C)c(C)n1. The Balaban J connectivity index is 2.31. The third-order valence-corrected chi connectivity index (χ3v) is 2.86. The minimum Gasteiger partial charge on any atom is -0.461 e. The standard InChI is InChI=1S/C15H27N3O2/c1-5-6-7-19-8-9-20-15-17-11-14(13(4)18-15)10-16-12(2)3/h11-12,16H,5-10H2,1-4H3. The van der Waals surface area contributed by atoms with E-state index in [1.54, 1.807) is 0 Å². The average molecular weight is 281 g/mol. The van der Waals surface area contributed by atoms with E-state index in [0.29, 0.717) is 25.3 Å². The minimum absolute atomic E-state index is 0.426. The molecule has 0 spiro atoms. The van der Waals surface area contributed by atoms with Gasteiger partial charge >= 0.3 is 6.01 Å². The molecule has 1 rings (SSSR count). The molecule has 0 saturated carbocycles. The molecule has 114 valence electrons. The zero-order chi connectivity index (χ0) is 14.8. The van der Waals surface area contributed by atoms with E-state index in [1.807, 2.05) is 13.1 Å². The molecule has 0 fully saturated rings. The van der Waals surface area contributed by atoms with Crippen LogP contribution in [0.1, 0.15) is 44.9 Å². The number of aromatic nitrogens is 2. The van der Waals surface area contributed by atoms with Crippen LogP contribution in [0.25, 0.3) is 0 Å². The van der Waals surface area contributed by atoms with Gasteiger partial charge in [0.1, 0.15) is 6.61 Å². The highest BCUT2D eigenvalue weighted by Gasteiger charge is 2.05. The van der Waals surface area contributed by atoms with Crippen LogP contribution in [0, 0.1) is 6.92 Å². The quantitative estimate of drug-likeness (QED) is 0.668. The maximum atomic E-state index is 5.48. The van der Waals surface area contributed by atoms with Crippen molar-refractivity contribution in [2.45, 2.75) is 53.1 Å². The van der Waals surface area contributed by atoms with Gasteiger partial charge in [0.2, 0.25) is 0 Å². The largest absolute Gasteiger partial charge is 0.461 e. The van der Waals surface area contributed by atoms with Crippen molar-refractivity contribution in [3.05, 3.63) is 17.5 Å². The third-order valence-electron chi connectivity index (χ3n) is 2.86. The first-order valence-electron chi connectivity index (χ1n) is 7.40. The number of ether oxygens (including phenoxy) is 2. The van der Waals surface area contributed by atoms with Crippen LogP contribution in [-0.2, 0) is 11.3 Å². The van der Waals surface area contributed by atoms with Gasteiger partial charge in [-0.1, -0.05) is 27.2 Å². The summed E-state index contributed by atoms with van der Waals surface area (Å²) >= 11 is 0. The van der Waals surface area contributed by atoms with Gasteiger partial charge in [-0.15, -0.1) is 0 Å². The first-order chi connectivity index (χ1) is 9.63. The Labute approximate surface area is 122 Å². The molecule has 20 heavy (non-hydrogen) atoms. The van der Waals surface area contributed by atoms with Crippen molar-refractivity contribution in [1.29, 1.82) is 0 Å². The molecular formula is C15H27N3O2. The number of nitrogens with zero attached hydrogens (tertiary/aromatic N) is 2. The number of hydrogen-bond acceptors (Lipinski definition) is 5. The second-order valence-corrected chi connectivity index (χ2v) is 5.11. The summed E-state index contributed by atoms with van der Waals surface area (Å²) < 4.78 is 10.9. The molecule has 1 N–H and O–H groups in total. The summed E-state index contributed by atoms with van der Waals surface area (Å²) in [6.07, 6.45) is 4.06. The van der Waals surface area contributed by atoms with E-state index in [2.05, 4.69) is 36.1 Å². The van der Waals surface area contributed by atoms with Crippen LogP contribution in [-0.4, -0.2) is 35.8 Å². The highest BCUT2D eigenvalue weighted by atomic mass is 16.5. The lowest BCUT2D eigenvalue weighted by Crippen LogP contribution is -2.22. The molecule has 0 amide bonds. The van der Waals surface area contributed by atoms with E-state index in [9.17, 15) is 0 Å². The van der Waals surface area contributed by atoms with E-state index < -0.39 is 0 Å². The smallest absolute Gasteiger partial charge is 0.316 e. The van der Waals surface area contributed by atoms with Gasteiger partial charge in [0.15, 0.2) is 0 Å². The van der Waals surface area contributed by atoms with E-state index >= 15 is 0 Å². The number of aryl methyl sites for hydroxylation is 1. The maximum Gasteiger partial charge on any atom is 0.316 e. The van der Waals surface area contributed by atoms with Crippen molar-refractivity contribution < 1.29 is 9.47 Å². The lowest BCUT2D eigenvalue weighted by Gasteiger charge is -2.11. The second-order valence-electron chi connectivity index (χ2n) is 5.11. The average Bonchev–Trinajstić information content (AvgIpc) is 2.41. The van der Waals surface area contributed by atoms with Gasteiger partial charge in [0, 0.05) is 36.6 Å². The van der Waals surface area contributed by atoms with Crippen molar-refractivity contribution in [1.82, 2.24) is 15.3 Å². The summed E-state index contributed by atoms with van der Waals surface area (Å²) in [5.74, 6) is 0. The van der Waals surface area contributed by atoms with Gasteiger partial charge < -0.3 is 14.8 Å². The van der Waals surface area contributed by atoms with Crippen LogP contribution in [0.15, 0.2) is 6.20 Å². The Morgan fingerprint density at radius 3 is 2.70 bits per heavy atom. The van der Waals surface area contributed by atoms with Crippen molar-refractivity contribution in [2.75, 3.05) is 19.8 Å². The minimum atomic E-state index is 0.426. The molecule has 0 aliphatic carbocycles. The number of rotatable bonds is 10. The summed E-state index contributed by atoms with van der Waals surface area (Å²) in [6, 6.07) is 0.875. The van der Waals surface area contributed by atoms with Gasteiger partial charge in [0.05, 0.1) is 6.61 Å². The maximum absolute atomic E-state index is 5.48. The summed E-state index contributed by atoms with van der Waals surface area (Å²) in [4.78, 5) is 8.58. The van der Waals surface area contributed by atoms with Crippen molar-refractivity contribution in [3.8, 4) is 6.01 Å². The van der Waals surface area contributed by atoms with Crippen molar-refractivity contribution in [2.24, 2.45) is 0 Å². The van der Waals surface area contributed by atoms with Crippen LogP contribution in [0.4, 0.5) is 0 Å². The highest BCUT2D eigenvalue weighted by Crippen LogP contribution is 2.08. The van der Waals surface area contributed by atoms with E-state index in [1.165, 1.54) is 0 Å². The summed E-state index contributed by atoms with van der Waals surface area (Å²) in [6.45, 7) is 11.0. The topological polar surface area (TPSA) is 56.3 Å². The molecule has 0 aromatic carbocycles. The normalized spacial score (nSPS) is 11.1. The molecule has 0 unspecified atom stereocenters. The van der Waals surface area contributed by atoms with Crippen LogP contribution in [0.5, 0.6) is 6.01 Å². The highest BCUT2D eigenvalue weighted by molar-refractivity contribution is 5.17. The molecule has 5 nitrogen and oxygen atoms in total. The number of nitrogens with one attached hydrogen (secondary N) is 1. The van der Waals surface area contributed by atoms with Crippen LogP contribution in [0.2, 0.25) is 0 Å². The van der Waals surface area contributed by atoms with Gasteiger partial charge in [-0.25, -0.2) is 9.97 Å². The first kappa shape index (κ1) is 16.9. The predicted octanol–water partition coefficient (Wildman–Crippen LogP) is 2.48. The fraction of sp³-hybridized carbons (Fsp3) is 0.733. The van der Waals surface area contributed by atoms with E-state index in [-0.39, 0.29) is 0 Å². The van der Waals surface area contributed by atoms with Gasteiger partial charge in [0.25, 0.3) is 0 Å². The molecule has 0 saturated heterocycles. The van der Waals surface area contributed by atoms with E-state index in [0.717, 1.165) is 37.3 Å². The predicted molar refractivity (Wildman–Crippen MR) is 80.0 cm³/mol. The first-order valence-corrected chi connectivity index (χ1v) is 7.40. The molecule has 0 aliphatic heterocycles. The number of hydrogen-bond donors (Lipinski definition) is 1. The zero-order valence-corrected chi connectivity index (χ0v) is 13.1. The molecular weight excluding hydrogens is 254 g/mol. The van der Waals surface area contributed by atoms with Crippen LogP contribution >= 0.6 is 0 Å². The monoisotopic (exact) mass is 281 g/mol. The summed E-state index contributed by atoms with van der Waals surface area (Å²) in [5.41, 5.74) is 2.06. The Hall–Kier alpha value is -1.20. The van der Waals surface area contributed by atoms with Crippen molar-refractivity contribution in [3.63, 3.8) is 0 Å². The molecule has 0 atom stereocenters. The molecule has 1 heterocycles. The van der Waals surface area contributed by atoms with Crippen molar-refractivity contribution >= 4 is 0 Å². The van der Waals surface area contributed by atoms with Gasteiger partial charge in [-0.05, 0) is 13.3 Å². The molecule has 0 radical (unpaired) electrons. The third kappa shape index (κ3) is 6.82. The fourth-order valence-corrected chi connectivity index (χ4v) is 1.57. The zero-order valence-electron chi connectivity index (χ0n) is 13.1. The molecule has 1 aromatic heterocycles. The Morgan fingerprint density at radius 2 is 2.05 bits per heavy atom. The van der Waals surface area contributed by atoms with Crippen LogP contribution in [0.3, 0.4) is 0 Å².